The van der Waals surface area contributed by atoms with Crippen molar-refractivity contribution in [2.75, 3.05) is 5.73 Å². The van der Waals surface area contributed by atoms with Crippen molar-refractivity contribution in [3.8, 4) is 5.75 Å². The smallest absolute Gasteiger partial charge is 0.366 e. The van der Waals surface area contributed by atoms with Crippen LogP contribution in [0.1, 0.15) is 10.5 Å². The Bertz CT molecular complexity index is 507. The van der Waals surface area contributed by atoms with E-state index in [0.717, 1.165) is 4.47 Å². The minimum atomic E-state index is -0.609. The molecule has 1 heterocycles. The minimum Gasteiger partial charge on any atom is -0.422 e. The zero-order valence-corrected chi connectivity index (χ0v) is 9.60. The summed E-state index contributed by atoms with van der Waals surface area (Å²) in [4.78, 5) is 11.5. The monoisotopic (exact) mass is 282 g/mol. The summed E-state index contributed by atoms with van der Waals surface area (Å²) in [5.74, 6) is -0.111. The van der Waals surface area contributed by atoms with E-state index in [4.69, 9.17) is 10.5 Å². The number of hydrogen-bond acceptors (Lipinski definition) is 5. The molecule has 2 N–H and O–H groups in total. The number of aromatic nitrogens is 1. The summed E-state index contributed by atoms with van der Waals surface area (Å²) in [6.45, 7) is 0. The summed E-state index contributed by atoms with van der Waals surface area (Å²) in [5.41, 5.74) is 5.33. The molecule has 2 rings (SSSR count). The van der Waals surface area contributed by atoms with E-state index in [1.54, 1.807) is 24.3 Å². The zero-order chi connectivity index (χ0) is 11.5. The maximum absolute atomic E-state index is 11.5. The molecule has 0 saturated heterocycles. The predicted molar refractivity (Wildman–Crippen MR) is 60.0 cm³/mol. The Labute approximate surface area is 99.3 Å². The van der Waals surface area contributed by atoms with Gasteiger partial charge in [-0.25, -0.2) is 4.79 Å². The fraction of sp³-hybridized carbons (Fsp3) is 0. The van der Waals surface area contributed by atoms with Crippen molar-refractivity contribution in [1.29, 1.82) is 0 Å². The van der Waals surface area contributed by atoms with Crippen LogP contribution in [-0.2, 0) is 0 Å². The highest BCUT2D eigenvalue weighted by Crippen LogP contribution is 2.17. The molecule has 1 aromatic carbocycles. The lowest BCUT2D eigenvalue weighted by molar-refractivity contribution is 0.0724. The molecule has 0 saturated carbocycles. The van der Waals surface area contributed by atoms with Crippen LogP contribution in [0.3, 0.4) is 0 Å². The van der Waals surface area contributed by atoms with E-state index in [1.165, 1.54) is 6.07 Å². The van der Waals surface area contributed by atoms with Gasteiger partial charge >= 0.3 is 5.97 Å². The van der Waals surface area contributed by atoms with Crippen LogP contribution in [0.5, 0.6) is 5.75 Å². The molecule has 0 spiro atoms. The van der Waals surface area contributed by atoms with Crippen LogP contribution in [0.15, 0.2) is 39.3 Å². The van der Waals surface area contributed by atoms with Gasteiger partial charge in [-0.05, 0) is 24.3 Å². The summed E-state index contributed by atoms with van der Waals surface area (Å²) >= 11 is 3.28. The SMILES string of the molecule is Nc1cc(C(=O)Oc2ccc(Br)cc2)no1. The second kappa shape index (κ2) is 4.36. The van der Waals surface area contributed by atoms with Crippen LogP contribution in [0.25, 0.3) is 0 Å². The van der Waals surface area contributed by atoms with Crippen LogP contribution in [-0.4, -0.2) is 11.1 Å². The molecule has 0 aliphatic heterocycles. The van der Waals surface area contributed by atoms with Crippen LogP contribution in [0, 0.1) is 0 Å². The second-order valence-corrected chi connectivity index (χ2v) is 3.87. The molecule has 0 atom stereocenters. The Morgan fingerprint density at radius 2 is 2.06 bits per heavy atom. The second-order valence-electron chi connectivity index (χ2n) is 2.96. The van der Waals surface area contributed by atoms with E-state index in [2.05, 4.69) is 25.6 Å². The fourth-order valence-electron chi connectivity index (χ4n) is 1.05. The number of esters is 1. The molecule has 0 aliphatic carbocycles. The molecule has 0 unspecified atom stereocenters. The molecule has 0 fully saturated rings. The number of rotatable bonds is 2. The highest BCUT2D eigenvalue weighted by Gasteiger charge is 2.13. The highest BCUT2D eigenvalue weighted by molar-refractivity contribution is 9.10. The first-order valence-electron chi connectivity index (χ1n) is 4.35. The standard InChI is InChI=1S/C10H7BrN2O3/c11-6-1-3-7(4-2-6)15-10(14)8-5-9(12)16-13-8/h1-5H,12H2. The number of hydrogen-bond donors (Lipinski definition) is 1. The Morgan fingerprint density at radius 3 is 2.62 bits per heavy atom. The van der Waals surface area contributed by atoms with E-state index < -0.39 is 5.97 Å². The number of nitrogens with zero attached hydrogens (tertiary/aromatic N) is 1. The lowest BCUT2D eigenvalue weighted by Gasteiger charge is -2.00. The molecule has 0 bridgehead atoms. The Morgan fingerprint density at radius 1 is 1.38 bits per heavy atom. The molecule has 0 amide bonds. The third-order valence-electron chi connectivity index (χ3n) is 1.76. The van der Waals surface area contributed by atoms with Gasteiger partial charge in [-0.1, -0.05) is 21.1 Å². The molecule has 5 nitrogen and oxygen atoms in total. The number of benzene rings is 1. The van der Waals surface area contributed by atoms with Gasteiger partial charge in [-0.15, -0.1) is 0 Å². The van der Waals surface area contributed by atoms with Gasteiger partial charge in [0.05, 0.1) is 0 Å². The topological polar surface area (TPSA) is 78.4 Å². The summed E-state index contributed by atoms with van der Waals surface area (Å²) in [6.07, 6.45) is 0. The van der Waals surface area contributed by atoms with Crippen molar-refractivity contribution in [2.24, 2.45) is 0 Å². The largest absolute Gasteiger partial charge is 0.422 e. The van der Waals surface area contributed by atoms with Crippen LogP contribution >= 0.6 is 15.9 Å². The molecule has 1 aromatic heterocycles. The molecule has 0 radical (unpaired) electrons. The molecule has 2 aromatic rings. The third-order valence-corrected chi connectivity index (χ3v) is 2.29. The van der Waals surface area contributed by atoms with E-state index >= 15 is 0 Å². The minimum absolute atomic E-state index is 0.0421. The van der Waals surface area contributed by atoms with Crippen molar-refractivity contribution in [3.63, 3.8) is 0 Å². The van der Waals surface area contributed by atoms with Crippen LogP contribution in [0.2, 0.25) is 0 Å². The Kier molecular flexibility index (Phi) is 2.91. The van der Waals surface area contributed by atoms with Crippen molar-refractivity contribution in [2.45, 2.75) is 0 Å². The molecule has 0 aliphatic rings. The summed E-state index contributed by atoms with van der Waals surface area (Å²) in [5, 5.41) is 3.45. The van der Waals surface area contributed by atoms with Crippen LogP contribution in [0.4, 0.5) is 5.88 Å². The zero-order valence-electron chi connectivity index (χ0n) is 8.01. The van der Waals surface area contributed by atoms with E-state index in [0.29, 0.717) is 5.75 Å². The molecule has 16 heavy (non-hydrogen) atoms. The van der Waals surface area contributed by atoms with Gasteiger partial charge in [0.15, 0.2) is 5.69 Å². The normalized spacial score (nSPS) is 10.1. The van der Waals surface area contributed by atoms with Gasteiger partial charge in [-0.2, -0.15) is 0 Å². The summed E-state index contributed by atoms with van der Waals surface area (Å²) in [7, 11) is 0. The Hall–Kier alpha value is -1.82. The van der Waals surface area contributed by atoms with Crippen LogP contribution < -0.4 is 10.5 Å². The van der Waals surface area contributed by atoms with E-state index in [9.17, 15) is 4.79 Å². The number of nitrogen functional groups attached to an aromatic ring is 1. The summed E-state index contributed by atoms with van der Waals surface area (Å²) in [6, 6.07) is 8.15. The number of carbonyl (C=O) groups is 1. The van der Waals surface area contributed by atoms with Gasteiger partial charge in [0.1, 0.15) is 5.75 Å². The molecule has 82 valence electrons. The fourth-order valence-corrected chi connectivity index (χ4v) is 1.31. The van der Waals surface area contributed by atoms with E-state index in [-0.39, 0.29) is 11.6 Å². The molecular formula is C10H7BrN2O3. The van der Waals surface area contributed by atoms with Crippen molar-refractivity contribution < 1.29 is 14.1 Å². The lowest BCUT2D eigenvalue weighted by Crippen LogP contribution is -2.08. The van der Waals surface area contributed by atoms with Gasteiger partial charge in [-0.3, -0.25) is 0 Å². The molecular weight excluding hydrogens is 276 g/mol. The van der Waals surface area contributed by atoms with Gasteiger partial charge in [0.25, 0.3) is 0 Å². The number of carbonyl (C=O) groups excluding carboxylic acids is 1. The number of ether oxygens (including phenoxy) is 1. The van der Waals surface area contributed by atoms with Gasteiger partial charge < -0.3 is 15.0 Å². The van der Waals surface area contributed by atoms with Crippen molar-refractivity contribution in [1.82, 2.24) is 5.16 Å². The van der Waals surface area contributed by atoms with E-state index in [1.807, 2.05) is 0 Å². The highest BCUT2D eigenvalue weighted by atomic mass is 79.9. The maximum atomic E-state index is 11.5. The average molecular weight is 283 g/mol. The first-order valence-corrected chi connectivity index (χ1v) is 5.14. The Balaban J connectivity index is 2.10. The summed E-state index contributed by atoms with van der Waals surface area (Å²) < 4.78 is 10.5. The third kappa shape index (κ3) is 2.40. The van der Waals surface area contributed by atoms with Gasteiger partial charge in [0, 0.05) is 10.5 Å². The first kappa shape index (κ1) is 10.7. The lowest BCUT2D eigenvalue weighted by atomic mass is 10.3. The number of halogens is 1. The quantitative estimate of drug-likeness (QED) is 0.675. The predicted octanol–water partition coefficient (Wildman–Crippen LogP) is 2.24. The molecule has 6 heteroatoms. The first-order chi connectivity index (χ1) is 7.65. The van der Waals surface area contributed by atoms with Crippen molar-refractivity contribution in [3.05, 3.63) is 40.5 Å². The average Bonchev–Trinajstić information content (AvgIpc) is 2.68. The number of anilines is 1. The van der Waals surface area contributed by atoms with Crippen molar-refractivity contribution >= 4 is 27.8 Å². The maximum Gasteiger partial charge on any atom is 0.366 e. The van der Waals surface area contributed by atoms with Gasteiger partial charge in [0.2, 0.25) is 5.88 Å². The number of nitrogens with two attached hydrogens (primary N) is 1.